The molecule has 1 spiro atoms. The van der Waals surface area contributed by atoms with Crippen LogP contribution in [0.1, 0.15) is 109 Å². The van der Waals surface area contributed by atoms with Gasteiger partial charge < -0.3 is 38.4 Å². The third-order valence-corrected chi connectivity index (χ3v) is 14.4. The van der Waals surface area contributed by atoms with Crippen LogP contribution >= 0.6 is 0 Å². The van der Waals surface area contributed by atoms with E-state index in [0.717, 1.165) is 83.7 Å². The molecule has 11 heteroatoms. The summed E-state index contributed by atoms with van der Waals surface area (Å²) in [6.45, 7) is 19.5. The Balaban J connectivity index is 0.968. The third-order valence-electron chi connectivity index (χ3n) is 14.4. The second-order valence-electron chi connectivity index (χ2n) is 17.9. The number of aromatic nitrogens is 1. The maximum absolute atomic E-state index is 13.9. The van der Waals surface area contributed by atoms with Crippen LogP contribution in [0.5, 0.6) is 23.0 Å². The summed E-state index contributed by atoms with van der Waals surface area (Å²) >= 11 is 0. The SMILES string of the molecule is CCOc1cc(N(CC)CC)ccc1C1(c2ccc(N(CC)CCC(C)N(CC)c3ccc4c(c3)Oc3ccc5ccccc5c3C43OC(=O)c4ccccc43)cc2OCC)OC(=O)c2cccnc21. The minimum atomic E-state index is -1.44. The molecule has 3 aliphatic heterocycles. The average molecular weight is 937 g/mol. The van der Waals surface area contributed by atoms with Gasteiger partial charge in [0.25, 0.3) is 0 Å². The minimum Gasteiger partial charge on any atom is -0.493 e. The van der Waals surface area contributed by atoms with E-state index in [9.17, 15) is 9.59 Å². The summed E-state index contributed by atoms with van der Waals surface area (Å²) in [5.41, 5.74) is 5.68. The lowest BCUT2D eigenvalue weighted by atomic mass is 9.76. The summed E-state index contributed by atoms with van der Waals surface area (Å²) in [6.07, 6.45) is 2.54. The van der Waals surface area contributed by atoms with E-state index >= 15 is 0 Å². The Hall–Kier alpha value is -7.53. The van der Waals surface area contributed by atoms with Crippen LogP contribution in [0, 0.1) is 0 Å². The number of anilines is 3. The summed E-state index contributed by atoms with van der Waals surface area (Å²) in [5, 5.41) is 2.02. The Kier molecular flexibility index (Phi) is 12.4. The van der Waals surface area contributed by atoms with Gasteiger partial charge in [0, 0.05) is 102 Å². The van der Waals surface area contributed by atoms with E-state index < -0.39 is 17.2 Å². The highest BCUT2D eigenvalue weighted by atomic mass is 16.6. The lowest BCUT2D eigenvalue weighted by Gasteiger charge is -2.38. The number of esters is 2. The van der Waals surface area contributed by atoms with E-state index in [1.807, 2.05) is 74.5 Å². The van der Waals surface area contributed by atoms with E-state index in [-0.39, 0.29) is 12.0 Å². The van der Waals surface area contributed by atoms with Gasteiger partial charge in [-0.1, -0.05) is 48.5 Å². The number of ether oxygens (including phenoxy) is 5. The van der Waals surface area contributed by atoms with Crippen molar-refractivity contribution in [2.45, 2.75) is 72.1 Å². The molecule has 3 atom stereocenters. The standard InChI is InChI=1S/C59H60N4O7/c1-8-61(9-2)40-25-28-47(51(35-40)66-12-5)59(55-45(57(65)70-59)22-18-33-60-55)48-29-26-41(36-52(48)67-13-6)62(10-3)34-32-38(7)63(11-4)42-27-30-49-53(37-42)68-50-31-24-39-19-14-15-20-43(39)54(50)58(49)46-23-17-16-21-44(46)56(64)69-58/h14-31,33,35-38H,8-13,32,34H2,1-7H3. The lowest BCUT2D eigenvalue weighted by molar-refractivity contribution is 0.0218. The molecule has 0 amide bonds. The number of benzene rings is 6. The summed E-state index contributed by atoms with van der Waals surface area (Å²) < 4.78 is 32.9. The van der Waals surface area contributed by atoms with Crippen molar-refractivity contribution in [3.05, 3.63) is 178 Å². The zero-order chi connectivity index (χ0) is 48.7. The molecule has 0 radical (unpaired) electrons. The molecule has 3 aliphatic rings. The van der Waals surface area contributed by atoms with Gasteiger partial charge in [-0.2, -0.15) is 0 Å². The van der Waals surface area contributed by atoms with Crippen LogP contribution in [-0.2, 0) is 20.7 Å². The Morgan fingerprint density at radius 2 is 1.19 bits per heavy atom. The summed E-state index contributed by atoms with van der Waals surface area (Å²) in [6, 6.07) is 42.2. The number of carbonyl (C=O) groups is 2. The number of fused-ring (bicyclic) bond motifs is 9. The molecule has 0 bridgehead atoms. The van der Waals surface area contributed by atoms with Gasteiger partial charge in [0.1, 0.15) is 28.7 Å². The lowest BCUT2D eigenvalue weighted by Crippen LogP contribution is -2.37. The van der Waals surface area contributed by atoms with Crippen LogP contribution in [0.25, 0.3) is 10.8 Å². The first kappa shape index (κ1) is 46.2. The Labute approximate surface area is 410 Å². The highest BCUT2D eigenvalue weighted by Gasteiger charge is 2.55. The fourth-order valence-corrected chi connectivity index (χ4v) is 11.1. The summed E-state index contributed by atoms with van der Waals surface area (Å²) in [4.78, 5) is 39.4. The van der Waals surface area contributed by atoms with Crippen LogP contribution in [-0.4, -0.2) is 68.9 Å². The van der Waals surface area contributed by atoms with Gasteiger partial charge in [0.05, 0.1) is 29.9 Å². The first-order valence-corrected chi connectivity index (χ1v) is 24.8. The Bertz CT molecular complexity index is 3130. The molecule has 1 aromatic heterocycles. The van der Waals surface area contributed by atoms with Crippen molar-refractivity contribution in [2.75, 3.05) is 60.6 Å². The van der Waals surface area contributed by atoms with Crippen LogP contribution in [0.15, 0.2) is 134 Å². The van der Waals surface area contributed by atoms with Crippen LogP contribution in [0.2, 0.25) is 0 Å². The molecule has 0 fully saturated rings. The fraction of sp³-hybridized carbons (Fsp3) is 0.305. The molecule has 0 saturated heterocycles. The molecule has 6 aromatic carbocycles. The number of hydrogen-bond acceptors (Lipinski definition) is 11. The Morgan fingerprint density at radius 3 is 1.89 bits per heavy atom. The molecule has 10 rings (SSSR count). The smallest absolute Gasteiger partial charge is 0.341 e. The molecule has 11 nitrogen and oxygen atoms in total. The maximum atomic E-state index is 13.9. The Morgan fingerprint density at radius 1 is 0.571 bits per heavy atom. The molecule has 70 heavy (non-hydrogen) atoms. The van der Waals surface area contributed by atoms with Crippen molar-refractivity contribution in [3.8, 4) is 23.0 Å². The van der Waals surface area contributed by atoms with Crippen molar-refractivity contribution in [2.24, 2.45) is 0 Å². The summed E-state index contributed by atoms with van der Waals surface area (Å²) in [5.74, 6) is 1.74. The zero-order valence-electron chi connectivity index (χ0n) is 41.1. The molecule has 4 heterocycles. The van der Waals surface area contributed by atoms with Gasteiger partial charge in [-0.15, -0.1) is 0 Å². The highest BCUT2D eigenvalue weighted by Crippen LogP contribution is 2.59. The van der Waals surface area contributed by atoms with Crippen LogP contribution in [0.4, 0.5) is 17.1 Å². The number of hydrogen-bond donors (Lipinski definition) is 0. The number of nitrogens with zero attached hydrogens (tertiary/aromatic N) is 4. The first-order chi connectivity index (χ1) is 34.1. The van der Waals surface area contributed by atoms with Gasteiger partial charge in [-0.3, -0.25) is 4.98 Å². The fourth-order valence-electron chi connectivity index (χ4n) is 11.1. The number of rotatable bonds is 17. The highest BCUT2D eigenvalue weighted by molar-refractivity contribution is 6.00. The largest absolute Gasteiger partial charge is 0.493 e. The van der Waals surface area contributed by atoms with Crippen molar-refractivity contribution in [1.29, 1.82) is 0 Å². The van der Waals surface area contributed by atoms with E-state index in [1.165, 1.54) is 0 Å². The molecule has 7 aromatic rings. The van der Waals surface area contributed by atoms with Gasteiger partial charge in [0.2, 0.25) is 5.60 Å². The number of pyridine rings is 1. The molecule has 358 valence electrons. The monoisotopic (exact) mass is 936 g/mol. The predicted octanol–water partition coefficient (Wildman–Crippen LogP) is 12.0. The van der Waals surface area contributed by atoms with E-state index in [1.54, 1.807) is 18.3 Å². The minimum absolute atomic E-state index is 0.126. The van der Waals surface area contributed by atoms with Gasteiger partial charge in [-0.25, -0.2) is 9.59 Å². The van der Waals surface area contributed by atoms with E-state index in [2.05, 4.69) is 104 Å². The van der Waals surface area contributed by atoms with Crippen molar-refractivity contribution < 1.29 is 33.3 Å². The molecule has 0 saturated carbocycles. The normalized spacial score (nSPS) is 17.7. The second kappa shape index (κ2) is 18.8. The molecular formula is C59H60N4O7. The van der Waals surface area contributed by atoms with Gasteiger partial charge >= 0.3 is 11.9 Å². The third kappa shape index (κ3) is 7.36. The van der Waals surface area contributed by atoms with Crippen molar-refractivity contribution >= 4 is 39.8 Å². The van der Waals surface area contributed by atoms with Crippen molar-refractivity contribution in [1.82, 2.24) is 4.98 Å². The zero-order valence-corrected chi connectivity index (χ0v) is 41.1. The maximum Gasteiger partial charge on any atom is 0.341 e. The number of cyclic esters (lactones) is 1. The molecule has 0 aliphatic carbocycles. The molecule has 3 unspecified atom stereocenters. The average Bonchev–Trinajstić information content (AvgIpc) is 3.85. The number of carbonyl (C=O) groups excluding carboxylic acids is 2. The van der Waals surface area contributed by atoms with Crippen LogP contribution in [0.3, 0.4) is 0 Å². The topological polar surface area (TPSA) is 103 Å². The first-order valence-electron chi connectivity index (χ1n) is 24.8. The predicted molar refractivity (Wildman–Crippen MR) is 276 cm³/mol. The van der Waals surface area contributed by atoms with E-state index in [0.29, 0.717) is 64.2 Å². The second-order valence-corrected chi connectivity index (χ2v) is 17.9. The van der Waals surface area contributed by atoms with Crippen molar-refractivity contribution in [3.63, 3.8) is 0 Å². The summed E-state index contributed by atoms with van der Waals surface area (Å²) in [7, 11) is 0. The molecule has 0 N–H and O–H groups in total. The quantitative estimate of drug-likeness (QED) is 0.0816. The molecular weight excluding hydrogens is 877 g/mol. The van der Waals surface area contributed by atoms with Gasteiger partial charge in [-0.05, 0) is 126 Å². The van der Waals surface area contributed by atoms with Gasteiger partial charge in [0.15, 0.2) is 5.60 Å². The van der Waals surface area contributed by atoms with E-state index in [4.69, 9.17) is 28.7 Å². The van der Waals surface area contributed by atoms with Crippen LogP contribution < -0.4 is 28.9 Å².